The standard InChI is InChI=1S/C9H7F11O/c1-3(2)21-4(5(10)11)6(12,13)7(14,15)8(16,17)9(18,19)20/h3H,1-2H3. The van der Waals surface area contributed by atoms with Gasteiger partial charge in [0.05, 0.1) is 6.10 Å². The van der Waals surface area contributed by atoms with Crippen molar-refractivity contribution in [2.24, 2.45) is 0 Å². The maximum absolute atomic E-state index is 13.1. The molecular formula is C9H7F11O. The molecule has 0 rings (SSSR count). The summed E-state index contributed by atoms with van der Waals surface area (Å²) in [5.41, 5.74) is 0. The summed E-state index contributed by atoms with van der Waals surface area (Å²) < 4.78 is 140. The van der Waals surface area contributed by atoms with E-state index >= 15 is 0 Å². The van der Waals surface area contributed by atoms with E-state index in [1.54, 1.807) is 0 Å². The molecule has 0 radical (unpaired) electrons. The van der Waals surface area contributed by atoms with Gasteiger partial charge in [-0.1, -0.05) is 0 Å². The van der Waals surface area contributed by atoms with Crippen molar-refractivity contribution in [1.82, 2.24) is 0 Å². The number of halogens is 11. The summed E-state index contributed by atoms with van der Waals surface area (Å²) in [6.45, 7) is 1.58. The third-order valence-electron chi connectivity index (χ3n) is 1.96. The van der Waals surface area contributed by atoms with Gasteiger partial charge in [0.15, 0.2) is 0 Å². The molecule has 1 nitrogen and oxygen atoms in total. The molecule has 0 heterocycles. The highest BCUT2D eigenvalue weighted by Crippen LogP contribution is 2.55. The van der Waals surface area contributed by atoms with Crippen LogP contribution < -0.4 is 0 Å². The lowest BCUT2D eigenvalue weighted by atomic mass is 10.0. The lowest BCUT2D eigenvalue weighted by Crippen LogP contribution is -2.61. The zero-order valence-electron chi connectivity index (χ0n) is 10.1. The minimum atomic E-state index is -7.26. The van der Waals surface area contributed by atoms with Crippen molar-refractivity contribution in [3.05, 3.63) is 11.8 Å². The highest BCUT2D eigenvalue weighted by Gasteiger charge is 2.83. The largest absolute Gasteiger partial charge is 0.484 e. The van der Waals surface area contributed by atoms with Crippen LogP contribution in [0, 0.1) is 0 Å². The maximum atomic E-state index is 13.1. The second-order valence-corrected chi connectivity index (χ2v) is 3.98. The van der Waals surface area contributed by atoms with E-state index in [-0.39, 0.29) is 0 Å². The van der Waals surface area contributed by atoms with E-state index < -0.39 is 41.9 Å². The van der Waals surface area contributed by atoms with Crippen molar-refractivity contribution in [3.63, 3.8) is 0 Å². The number of hydrogen-bond donors (Lipinski definition) is 0. The Balaban J connectivity index is 6.04. The third-order valence-corrected chi connectivity index (χ3v) is 1.96. The SMILES string of the molecule is CC(C)OC(=C(F)F)C(F)(F)C(F)(F)C(F)(F)C(F)(F)F. The van der Waals surface area contributed by atoms with Gasteiger partial charge >= 0.3 is 30.0 Å². The second-order valence-electron chi connectivity index (χ2n) is 3.98. The zero-order valence-corrected chi connectivity index (χ0v) is 10.1. The monoisotopic (exact) mass is 340 g/mol. The molecule has 0 aromatic carbocycles. The number of ether oxygens (including phenoxy) is 1. The molecule has 21 heavy (non-hydrogen) atoms. The first-order valence-corrected chi connectivity index (χ1v) is 4.92. The maximum Gasteiger partial charge on any atom is 0.460 e. The summed E-state index contributed by atoms with van der Waals surface area (Å²) in [6, 6.07) is 0. The Bertz CT molecular complexity index is 402. The molecule has 0 amide bonds. The predicted molar refractivity (Wildman–Crippen MR) is 46.4 cm³/mol. The molecule has 0 N–H and O–H groups in total. The second kappa shape index (κ2) is 5.52. The molecule has 0 aliphatic heterocycles. The Labute approximate surface area is 110 Å². The molecule has 0 atom stereocenters. The molecule has 0 aromatic heterocycles. The van der Waals surface area contributed by atoms with Crippen LogP contribution in [0.2, 0.25) is 0 Å². The Kier molecular flexibility index (Phi) is 5.20. The van der Waals surface area contributed by atoms with Gasteiger partial charge in [-0.2, -0.15) is 48.3 Å². The van der Waals surface area contributed by atoms with Crippen LogP contribution in [-0.2, 0) is 4.74 Å². The van der Waals surface area contributed by atoms with E-state index in [4.69, 9.17) is 0 Å². The van der Waals surface area contributed by atoms with Crippen LogP contribution in [-0.4, -0.2) is 30.0 Å². The van der Waals surface area contributed by atoms with Crippen LogP contribution >= 0.6 is 0 Å². The molecule has 0 aliphatic rings. The molecular weight excluding hydrogens is 333 g/mol. The molecule has 12 heteroatoms. The van der Waals surface area contributed by atoms with Crippen molar-refractivity contribution in [3.8, 4) is 0 Å². The summed E-state index contributed by atoms with van der Waals surface area (Å²) >= 11 is 0. The molecule has 0 spiro atoms. The fraction of sp³-hybridized carbons (Fsp3) is 0.778. The van der Waals surface area contributed by atoms with Gasteiger partial charge in [-0.15, -0.1) is 0 Å². The first kappa shape index (κ1) is 19.8. The van der Waals surface area contributed by atoms with Crippen LogP contribution in [0.1, 0.15) is 13.8 Å². The van der Waals surface area contributed by atoms with Gasteiger partial charge < -0.3 is 4.74 Å². The van der Waals surface area contributed by atoms with Gasteiger partial charge in [0, 0.05) is 0 Å². The number of hydrogen-bond acceptors (Lipinski definition) is 1. The van der Waals surface area contributed by atoms with Crippen molar-refractivity contribution in [2.45, 2.75) is 43.9 Å². The van der Waals surface area contributed by atoms with Gasteiger partial charge in [0.25, 0.3) is 0 Å². The van der Waals surface area contributed by atoms with Crippen molar-refractivity contribution >= 4 is 0 Å². The minimum Gasteiger partial charge on any atom is -0.484 e. The average molecular weight is 340 g/mol. The minimum absolute atomic E-state index is 0.791. The summed E-state index contributed by atoms with van der Waals surface area (Å²) in [4.78, 5) is 0. The molecule has 0 aliphatic carbocycles. The zero-order chi connectivity index (χ0) is 17.4. The molecule has 126 valence electrons. The topological polar surface area (TPSA) is 9.23 Å². The van der Waals surface area contributed by atoms with E-state index in [0.717, 1.165) is 13.8 Å². The average Bonchev–Trinajstić information content (AvgIpc) is 2.22. The Hall–Kier alpha value is -1.23. The van der Waals surface area contributed by atoms with E-state index in [0.29, 0.717) is 0 Å². The summed E-state index contributed by atoms with van der Waals surface area (Å²) in [6.07, 6.45) is -12.3. The number of allylic oxidation sites excluding steroid dienone is 1. The first-order chi connectivity index (χ1) is 9.00. The Morgan fingerprint density at radius 3 is 1.38 bits per heavy atom. The molecule has 0 fully saturated rings. The van der Waals surface area contributed by atoms with Crippen molar-refractivity contribution < 1.29 is 53.0 Å². The molecule has 0 unspecified atom stereocenters. The fourth-order valence-corrected chi connectivity index (χ4v) is 0.991. The van der Waals surface area contributed by atoms with E-state index in [1.807, 2.05) is 0 Å². The fourth-order valence-electron chi connectivity index (χ4n) is 0.991. The Morgan fingerprint density at radius 2 is 1.14 bits per heavy atom. The van der Waals surface area contributed by atoms with Gasteiger partial charge in [-0.05, 0) is 13.8 Å². The van der Waals surface area contributed by atoms with E-state index in [1.165, 1.54) is 0 Å². The van der Waals surface area contributed by atoms with Crippen LogP contribution in [0.15, 0.2) is 11.8 Å². The summed E-state index contributed by atoms with van der Waals surface area (Å²) in [5.74, 6) is -24.3. The quantitative estimate of drug-likeness (QED) is 0.506. The van der Waals surface area contributed by atoms with Crippen LogP contribution in [0.3, 0.4) is 0 Å². The lowest BCUT2D eigenvalue weighted by Gasteiger charge is -2.34. The summed E-state index contributed by atoms with van der Waals surface area (Å²) in [5, 5.41) is 0. The number of rotatable bonds is 5. The lowest BCUT2D eigenvalue weighted by molar-refractivity contribution is -0.394. The summed E-state index contributed by atoms with van der Waals surface area (Å²) in [7, 11) is 0. The van der Waals surface area contributed by atoms with Gasteiger partial charge in [0.1, 0.15) is 0 Å². The van der Waals surface area contributed by atoms with Crippen LogP contribution in [0.25, 0.3) is 0 Å². The molecule has 0 aromatic rings. The van der Waals surface area contributed by atoms with Crippen LogP contribution in [0.4, 0.5) is 48.3 Å². The van der Waals surface area contributed by atoms with Crippen LogP contribution in [0.5, 0.6) is 0 Å². The third kappa shape index (κ3) is 3.34. The van der Waals surface area contributed by atoms with Gasteiger partial charge in [-0.25, -0.2) is 0 Å². The van der Waals surface area contributed by atoms with E-state index in [9.17, 15) is 48.3 Å². The van der Waals surface area contributed by atoms with Gasteiger partial charge in [0.2, 0.25) is 5.76 Å². The predicted octanol–water partition coefficient (Wildman–Crippen LogP) is 4.99. The van der Waals surface area contributed by atoms with E-state index in [2.05, 4.69) is 4.74 Å². The van der Waals surface area contributed by atoms with Crippen molar-refractivity contribution in [2.75, 3.05) is 0 Å². The van der Waals surface area contributed by atoms with Crippen molar-refractivity contribution in [1.29, 1.82) is 0 Å². The number of alkyl halides is 9. The Morgan fingerprint density at radius 1 is 0.762 bits per heavy atom. The normalized spacial score (nSPS) is 14.4. The molecule has 0 saturated heterocycles. The highest BCUT2D eigenvalue weighted by molar-refractivity contribution is 5.16. The smallest absolute Gasteiger partial charge is 0.460 e. The first-order valence-electron chi connectivity index (χ1n) is 4.92. The van der Waals surface area contributed by atoms with Gasteiger partial charge in [-0.3, -0.25) is 0 Å². The molecule has 0 saturated carbocycles. The highest BCUT2D eigenvalue weighted by atomic mass is 19.4. The molecule has 0 bridgehead atoms.